The summed E-state index contributed by atoms with van der Waals surface area (Å²) in [4.78, 5) is 56.2. The van der Waals surface area contributed by atoms with Crippen molar-refractivity contribution in [1.82, 2.24) is 0 Å². The standard InChI is InChI=1S/C66H74F3IO16/c67-51-33-43(21-25-55(51)75-29-13-5-1-9-17-47-39-79-47)63(71)83-59-37-61(85-65(73)45-23-27-57(53(69)35-45)77-31-15-7-3-11-19-49-41-81-49)62(86-66(74)46-24-28-58(54(70)36-46)78-32-16-8-4-12-20-50-42-82-50)38-60(59)84-64(72)44-22-26-56(52(68)34-44)76-30-14-6-2-10-18-48-40-80-48/h21-28,33-38,47-50H,1-20,29-32,39-42H2. The van der Waals surface area contributed by atoms with E-state index in [2.05, 4.69) is 0 Å². The van der Waals surface area contributed by atoms with E-state index in [0.29, 0.717) is 59.6 Å². The average molecular weight is 1310 g/mol. The molecule has 0 bridgehead atoms. The van der Waals surface area contributed by atoms with E-state index in [-0.39, 0.29) is 59.3 Å². The first-order valence-corrected chi connectivity index (χ1v) is 31.2. The Hall–Kier alpha value is -6.46. The van der Waals surface area contributed by atoms with Crippen LogP contribution in [0.4, 0.5) is 13.2 Å². The molecule has 0 radical (unpaired) electrons. The van der Waals surface area contributed by atoms with Crippen LogP contribution in [0.15, 0.2) is 84.9 Å². The molecule has 4 saturated heterocycles. The monoisotopic (exact) mass is 1310 g/mol. The van der Waals surface area contributed by atoms with E-state index in [9.17, 15) is 19.2 Å². The van der Waals surface area contributed by atoms with E-state index in [4.69, 9.17) is 56.8 Å². The Morgan fingerprint density at radius 3 is 0.837 bits per heavy atom. The highest BCUT2D eigenvalue weighted by atomic mass is 127. The smallest absolute Gasteiger partial charge is 0.343 e. The minimum Gasteiger partial charge on any atom is -0.492 e. The predicted octanol–water partition coefficient (Wildman–Crippen LogP) is 14.5. The van der Waals surface area contributed by atoms with Gasteiger partial charge in [0.1, 0.15) is 5.75 Å². The maximum Gasteiger partial charge on any atom is 0.343 e. The van der Waals surface area contributed by atoms with E-state index < -0.39 is 64.3 Å². The molecule has 4 atom stereocenters. The van der Waals surface area contributed by atoms with Gasteiger partial charge in [-0.05, 0) is 147 Å². The van der Waals surface area contributed by atoms with E-state index in [1.807, 2.05) is 22.6 Å². The Labute approximate surface area is 513 Å². The topological polar surface area (TPSA) is 192 Å². The summed E-state index contributed by atoms with van der Waals surface area (Å²) in [6, 6.07) is 16.9. The lowest BCUT2D eigenvalue weighted by atomic mass is 10.1. The van der Waals surface area contributed by atoms with E-state index in [1.54, 1.807) is 6.07 Å². The molecule has 4 aliphatic rings. The number of carbonyl (C=O) groups excluding carboxylic acids is 4. The van der Waals surface area contributed by atoms with Gasteiger partial charge in [-0.15, -0.1) is 0 Å². The fourth-order valence-corrected chi connectivity index (χ4v) is 10.1. The molecule has 4 unspecified atom stereocenters. The molecular formula is C66H74F3IO16. The molecule has 462 valence electrons. The van der Waals surface area contributed by atoms with Crippen LogP contribution in [-0.2, 0) is 18.9 Å². The van der Waals surface area contributed by atoms with Gasteiger partial charge in [0.05, 0.1) is 103 Å². The van der Waals surface area contributed by atoms with Gasteiger partial charge in [0.25, 0.3) is 0 Å². The third kappa shape index (κ3) is 21.4. The number of epoxide rings is 4. The van der Waals surface area contributed by atoms with Gasteiger partial charge in [0.15, 0.2) is 57.7 Å². The Morgan fingerprint density at radius 1 is 0.337 bits per heavy atom. The van der Waals surface area contributed by atoms with Crippen LogP contribution in [0.1, 0.15) is 170 Å². The number of hydrogen-bond acceptors (Lipinski definition) is 16. The number of hydrogen-bond donors (Lipinski definition) is 0. The summed E-state index contributed by atoms with van der Waals surface area (Å²) >= 11 is 2.04. The van der Waals surface area contributed by atoms with Crippen molar-refractivity contribution in [3.63, 3.8) is 0 Å². The quantitative estimate of drug-likeness (QED) is 0.0118. The maximum atomic E-state index is 15.6. The number of esters is 4. The molecule has 0 aliphatic carbocycles. The summed E-state index contributed by atoms with van der Waals surface area (Å²) in [5, 5.41) is 0. The normalized spacial score (nSPS) is 17.1. The fraction of sp³-hybridized carbons (Fsp3) is 0.485. The van der Waals surface area contributed by atoms with Gasteiger partial charge in [-0.3, -0.25) is 0 Å². The molecule has 16 nitrogen and oxygen atoms in total. The van der Waals surface area contributed by atoms with Gasteiger partial charge in [0, 0.05) is 12.1 Å². The molecule has 0 spiro atoms. The van der Waals surface area contributed by atoms with Crippen LogP contribution >= 0.6 is 22.6 Å². The molecular weight excluding hydrogens is 1230 g/mol. The molecule has 4 fully saturated rings. The molecule has 0 saturated carbocycles. The molecule has 86 heavy (non-hydrogen) atoms. The van der Waals surface area contributed by atoms with Gasteiger partial charge >= 0.3 is 23.9 Å². The van der Waals surface area contributed by atoms with Crippen molar-refractivity contribution in [3.05, 3.63) is 128 Å². The summed E-state index contributed by atoms with van der Waals surface area (Å²) in [5.74, 6) is -8.99. The molecule has 9 rings (SSSR count). The highest BCUT2D eigenvalue weighted by Crippen LogP contribution is 2.42. The number of rotatable bonds is 40. The molecule has 0 amide bonds. The Morgan fingerprint density at radius 2 is 0.581 bits per heavy atom. The van der Waals surface area contributed by atoms with Crippen LogP contribution < -0.4 is 37.9 Å². The van der Waals surface area contributed by atoms with Gasteiger partial charge < -0.3 is 56.8 Å². The van der Waals surface area contributed by atoms with Crippen molar-refractivity contribution in [2.45, 2.75) is 153 Å². The number of benzene rings is 5. The van der Waals surface area contributed by atoms with E-state index in [0.717, 1.165) is 166 Å². The minimum absolute atomic E-state index is 0.0382. The largest absolute Gasteiger partial charge is 0.492 e. The Kier molecular flexibility index (Phi) is 24.6. The van der Waals surface area contributed by atoms with Gasteiger partial charge in [-0.25, -0.2) is 32.3 Å². The lowest BCUT2D eigenvalue weighted by molar-refractivity contribution is 0.0662. The van der Waals surface area contributed by atoms with Crippen molar-refractivity contribution in [2.75, 3.05) is 52.9 Å². The van der Waals surface area contributed by atoms with Crippen molar-refractivity contribution in [1.29, 1.82) is 0 Å². The summed E-state index contributed by atoms with van der Waals surface area (Å²) < 4.78 is 115. The number of unbranched alkanes of at least 4 members (excludes halogenated alkanes) is 12. The Balaban J connectivity index is 0.937. The van der Waals surface area contributed by atoms with Crippen molar-refractivity contribution >= 4 is 46.5 Å². The summed E-state index contributed by atoms with van der Waals surface area (Å²) in [6.45, 7) is 4.45. The summed E-state index contributed by atoms with van der Waals surface area (Å²) in [5.41, 5.74) is -0.826. The molecule has 5 aromatic carbocycles. The van der Waals surface area contributed by atoms with Crippen molar-refractivity contribution in [3.8, 4) is 46.0 Å². The second kappa shape index (κ2) is 33.0. The molecule has 5 aromatic rings. The van der Waals surface area contributed by atoms with Gasteiger partial charge in [-0.2, -0.15) is 0 Å². The van der Waals surface area contributed by atoms with E-state index in [1.165, 1.54) is 48.5 Å². The molecule has 4 aliphatic heterocycles. The van der Waals surface area contributed by atoms with Gasteiger partial charge in [0.2, 0.25) is 0 Å². The van der Waals surface area contributed by atoms with Crippen LogP contribution in [-0.4, -0.2) is 101 Å². The van der Waals surface area contributed by atoms with Crippen molar-refractivity contribution < 1.29 is 89.2 Å². The fourth-order valence-electron chi connectivity index (χ4n) is 9.43. The average Bonchev–Trinajstić information content (AvgIpc) is 3.32. The van der Waals surface area contributed by atoms with Crippen LogP contribution in [0.3, 0.4) is 0 Å². The van der Waals surface area contributed by atoms with Crippen LogP contribution in [0.2, 0.25) is 0 Å². The first-order chi connectivity index (χ1) is 41.9. The maximum absolute atomic E-state index is 15.6. The lowest BCUT2D eigenvalue weighted by Crippen LogP contribution is -2.16. The zero-order valence-corrected chi connectivity index (χ0v) is 50.4. The summed E-state index contributed by atoms with van der Waals surface area (Å²) in [6.07, 6.45) is 20.2. The van der Waals surface area contributed by atoms with E-state index >= 15 is 13.2 Å². The molecule has 20 heteroatoms. The second-order valence-electron chi connectivity index (χ2n) is 21.9. The van der Waals surface area contributed by atoms with Crippen LogP contribution in [0.25, 0.3) is 0 Å². The zero-order valence-electron chi connectivity index (χ0n) is 48.2. The highest BCUT2D eigenvalue weighted by Gasteiger charge is 2.28. The zero-order chi connectivity index (χ0) is 60.0. The SMILES string of the molecule is O=C(Oc1cc(OC(=O)c2ccc(OCCCCCCC3CO3)c(F)c2)c(OC(=O)c2ccc(OCCCCCCC3CO3)c(I)c2)cc1OC(=O)c1ccc(OCCCCCCC2CO2)c(F)c1)c1ccc(OCCCCCCC2CO2)c(F)c1. The second-order valence-corrected chi connectivity index (χ2v) is 23.1. The Bertz CT molecular complexity index is 2670. The minimum atomic E-state index is -1.16. The van der Waals surface area contributed by atoms with Crippen molar-refractivity contribution in [2.24, 2.45) is 0 Å². The molecule has 4 heterocycles. The number of halogens is 4. The van der Waals surface area contributed by atoms with Crippen LogP contribution in [0.5, 0.6) is 46.0 Å². The van der Waals surface area contributed by atoms with Crippen LogP contribution in [0, 0.1) is 21.0 Å². The highest BCUT2D eigenvalue weighted by molar-refractivity contribution is 14.1. The van der Waals surface area contributed by atoms with Gasteiger partial charge in [-0.1, -0.05) is 77.0 Å². The predicted molar refractivity (Wildman–Crippen MR) is 318 cm³/mol. The number of carbonyl (C=O) groups is 4. The first kappa shape index (κ1) is 64.0. The lowest BCUT2D eigenvalue weighted by Gasteiger charge is -2.17. The molecule has 0 aromatic heterocycles. The third-order valence-corrected chi connectivity index (χ3v) is 15.7. The summed E-state index contributed by atoms with van der Waals surface area (Å²) in [7, 11) is 0. The first-order valence-electron chi connectivity index (χ1n) is 30.1. The third-order valence-electron chi connectivity index (χ3n) is 14.8. The number of ether oxygens (including phenoxy) is 12. The molecule has 0 N–H and O–H groups in total.